The van der Waals surface area contributed by atoms with Crippen molar-refractivity contribution in [2.24, 2.45) is 34.0 Å². The molecule has 0 unspecified atom stereocenters. The third-order valence-corrected chi connectivity index (χ3v) is 11.6. The number of aliphatic hydroxyl groups excluding tert-OH is 1. The molecule has 0 saturated heterocycles. The Bertz CT molecular complexity index is 1260. The van der Waals surface area contributed by atoms with E-state index in [1.807, 2.05) is 20.8 Å². The summed E-state index contributed by atoms with van der Waals surface area (Å²) in [6, 6.07) is 2.98. The number of benzene rings is 1. The molecule has 3 fully saturated rings. The van der Waals surface area contributed by atoms with Crippen molar-refractivity contribution in [1.29, 1.82) is 0 Å². The van der Waals surface area contributed by atoms with Crippen molar-refractivity contribution in [1.82, 2.24) is 5.32 Å². The van der Waals surface area contributed by atoms with Crippen LogP contribution in [0.4, 0.5) is 4.39 Å². The molecule has 11 heteroatoms. The summed E-state index contributed by atoms with van der Waals surface area (Å²) in [6.45, 7) is 7.63. The summed E-state index contributed by atoms with van der Waals surface area (Å²) in [5.74, 6) is -2.21. The van der Waals surface area contributed by atoms with Gasteiger partial charge in [0, 0.05) is 36.7 Å². The molecule has 1 aromatic rings. The molecule has 2 bridgehead atoms. The van der Waals surface area contributed by atoms with Crippen LogP contribution in [0.15, 0.2) is 12.1 Å². The van der Waals surface area contributed by atoms with Crippen molar-refractivity contribution in [3.63, 3.8) is 0 Å². The summed E-state index contributed by atoms with van der Waals surface area (Å²) in [6.07, 6.45) is 2.03. The number of carbonyl (C=O) groups excluding carboxylic acids is 3. The van der Waals surface area contributed by atoms with Crippen LogP contribution < -0.4 is 15.5 Å². The predicted octanol–water partition coefficient (Wildman–Crippen LogP) is 2.67. The maximum Gasteiger partial charge on any atom is 0.494 e. The zero-order chi connectivity index (χ0) is 30.6. The fourth-order valence-electron chi connectivity index (χ4n) is 8.83. The highest BCUT2D eigenvalue weighted by Gasteiger charge is 2.68. The summed E-state index contributed by atoms with van der Waals surface area (Å²) >= 11 is 0. The average molecular weight is 587 g/mol. The van der Waals surface area contributed by atoms with Crippen LogP contribution in [0.25, 0.3) is 0 Å². The Balaban J connectivity index is 1.46. The van der Waals surface area contributed by atoms with Gasteiger partial charge in [0.15, 0.2) is 18.2 Å². The van der Waals surface area contributed by atoms with Crippen LogP contribution in [0, 0.1) is 39.8 Å². The van der Waals surface area contributed by atoms with Gasteiger partial charge in [-0.1, -0.05) is 33.8 Å². The molecule has 9 nitrogen and oxygen atoms in total. The number of nitrogens with one attached hydrogen (secondary N) is 1. The fraction of sp³-hybridized carbons (Fsp3) is 0.710. The number of Topliss-reactive ketones (excluding diaryl/α,β-unsaturated/α-hetero) is 1. The SMILES string of the molecule is CNC(=O)CC[C@]1(C)C[C@@H](OC(=O)COc2ccc3c(c2F)B(O)OC3)[C@]2(C)[C@H](C)CC[C@]3(CCC(=O)[C@H]32)[C@@H](C)[C@@H]1O. The highest BCUT2D eigenvalue weighted by atomic mass is 19.1. The van der Waals surface area contributed by atoms with Crippen molar-refractivity contribution in [3.05, 3.63) is 23.5 Å². The lowest BCUT2D eigenvalue weighted by atomic mass is 9.43. The molecule has 1 aromatic carbocycles. The normalized spacial score (nSPS) is 37.4. The highest BCUT2D eigenvalue weighted by Crippen LogP contribution is 2.68. The Morgan fingerprint density at radius 3 is 2.69 bits per heavy atom. The second-order valence-electron chi connectivity index (χ2n) is 13.6. The minimum atomic E-state index is -1.40. The van der Waals surface area contributed by atoms with Gasteiger partial charge in [-0.25, -0.2) is 9.18 Å². The molecule has 1 heterocycles. The number of esters is 1. The van der Waals surface area contributed by atoms with Gasteiger partial charge in [0.2, 0.25) is 5.91 Å². The number of rotatable bonds is 7. The number of hydrogen-bond donors (Lipinski definition) is 3. The summed E-state index contributed by atoms with van der Waals surface area (Å²) in [4.78, 5) is 39.3. The van der Waals surface area contributed by atoms with E-state index in [0.717, 1.165) is 12.8 Å². The molecule has 3 saturated carbocycles. The Morgan fingerprint density at radius 2 is 1.98 bits per heavy atom. The molecule has 0 spiro atoms. The van der Waals surface area contributed by atoms with Crippen LogP contribution >= 0.6 is 0 Å². The van der Waals surface area contributed by atoms with E-state index in [1.165, 1.54) is 6.07 Å². The van der Waals surface area contributed by atoms with Crippen LogP contribution in [0.2, 0.25) is 0 Å². The largest absolute Gasteiger partial charge is 0.494 e. The first-order valence-electron chi connectivity index (χ1n) is 15.1. The van der Waals surface area contributed by atoms with E-state index in [0.29, 0.717) is 24.8 Å². The fourth-order valence-corrected chi connectivity index (χ4v) is 8.83. The number of ether oxygens (including phenoxy) is 2. The number of carbonyl (C=O) groups is 3. The maximum atomic E-state index is 15.0. The zero-order valence-electron chi connectivity index (χ0n) is 25.2. The molecule has 4 aliphatic rings. The van der Waals surface area contributed by atoms with Gasteiger partial charge in [0.1, 0.15) is 11.9 Å². The minimum Gasteiger partial charge on any atom is -0.479 e. The lowest BCUT2D eigenvalue weighted by Crippen LogP contribution is -2.63. The van der Waals surface area contributed by atoms with Gasteiger partial charge in [-0.15, -0.1) is 0 Å². The van der Waals surface area contributed by atoms with Crippen molar-refractivity contribution in [2.75, 3.05) is 13.7 Å². The summed E-state index contributed by atoms with van der Waals surface area (Å²) in [5, 5.41) is 24.5. The summed E-state index contributed by atoms with van der Waals surface area (Å²) in [7, 11) is 0.175. The van der Waals surface area contributed by atoms with E-state index < -0.39 is 54.0 Å². The molecule has 230 valence electrons. The Morgan fingerprint density at radius 1 is 1.24 bits per heavy atom. The smallest absolute Gasteiger partial charge is 0.479 e. The first-order chi connectivity index (χ1) is 19.8. The number of aliphatic hydroxyl groups is 1. The molecule has 1 amide bonds. The van der Waals surface area contributed by atoms with Gasteiger partial charge in [0.05, 0.1) is 12.7 Å². The van der Waals surface area contributed by atoms with Crippen LogP contribution in [0.3, 0.4) is 0 Å². The Hall–Kier alpha value is -2.50. The lowest BCUT2D eigenvalue weighted by molar-refractivity contribution is -0.213. The number of ketones is 1. The van der Waals surface area contributed by atoms with Gasteiger partial charge in [-0.3, -0.25) is 9.59 Å². The number of halogens is 1. The molecule has 3 aliphatic carbocycles. The molecular formula is C31H43BFNO8. The minimum absolute atomic E-state index is 0.00416. The molecule has 0 aromatic heterocycles. The van der Waals surface area contributed by atoms with Crippen molar-refractivity contribution < 1.29 is 43.0 Å². The maximum absolute atomic E-state index is 15.0. The molecule has 0 radical (unpaired) electrons. The van der Waals surface area contributed by atoms with Gasteiger partial charge < -0.3 is 29.6 Å². The van der Waals surface area contributed by atoms with Crippen LogP contribution in [0.5, 0.6) is 5.75 Å². The van der Waals surface area contributed by atoms with Crippen LogP contribution in [0.1, 0.15) is 78.2 Å². The Labute approximate surface area is 247 Å². The van der Waals surface area contributed by atoms with E-state index in [9.17, 15) is 24.5 Å². The van der Waals surface area contributed by atoms with E-state index in [-0.39, 0.29) is 60.1 Å². The van der Waals surface area contributed by atoms with Crippen molar-refractivity contribution in [2.45, 2.75) is 91.5 Å². The van der Waals surface area contributed by atoms with E-state index in [4.69, 9.17) is 14.1 Å². The van der Waals surface area contributed by atoms with E-state index >= 15 is 4.39 Å². The van der Waals surface area contributed by atoms with Gasteiger partial charge in [0.25, 0.3) is 0 Å². The van der Waals surface area contributed by atoms with Crippen molar-refractivity contribution >= 4 is 30.2 Å². The first kappa shape index (κ1) is 30.9. The third kappa shape index (κ3) is 4.85. The predicted molar refractivity (Wildman–Crippen MR) is 152 cm³/mol. The molecule has 5 rings (SSSR count). The molecule has 1 aliphatic heterocycles. The molecule has 3 N–H and O–H groups in total. The topological polar surface area (TPSA) is 131 Å². The highest BCUT2D eigenvalue weighted by molar-refractivity contribution is 6.61. The van der Waals surface area contributed by atoms with Crippen molar-refractivity contribution in [3.8, 4) is 5.75 Å². The standard InChI is InChI=1S/C31H43BFNO8/c1-17-8-12-31-13-9-20(35)27(31)30(17,4)22(14-29(3,28(38)18(31)2)11-10-23(36)34-5)42-24(37)16-40-21-7-6-19-15-41-32(39)25(19)26(21)33/h6-7,17-18,22,27-28,38-39H,8-16H2,1-5H3,(H,34,36)/t17-,18+,22-,27+,28+,29-,30+,31+/m1/s1. The lowest BCUT2D eigenvalue weighted by Gasteiger charge is -2.62. The second kappa shape index (κ2) is 11.2. The third-order valence-electron chi connectivity index (χ3n) is 11.6. The number of hydrogen-bond acceptors (Lipinski definition) is 8. The van der Waals surface area contributed by atoms with Crippen LogP contribution in [-0.2, 0) is 30.4 Å². The number of fused-ring (bicyclic) bond motifs is 1. The first-order valence-corrected chi connectivity index (χ1v) is 15.1. The van der Waals surface area contributed by atoms with E-state index in [2.05, 4.69) is 12.2 Å². The van der Waals surface area contributed by atoms with E-state index in [1.54, 1.807) is 13.1 Å². The quantitative estimate of drug-likeness (QED) is 0.328. The Kier molecular flexibility index (Phi) is 8.26. The molecule has 8 atom stereocenters. The second-order valence-corrected chi connectivity index (χ2v) is 13.6. The van der Waals surface area contributed by atoms with Gasteiger partial charge >= 0.3 is 13.1 Å². The summed E-state index contributed by atoms with van der Waals surface area (Å²) < 4.78 is 31.9. The van der Waals surface area contributed by atoms with Gasteiger partial charge in [-0.05, 0) is 66.4 Å². The zero-order valence-corrected chi connectivity index (χ0v) is 25.2. The molecular weight excluding hydrogens is 544 g/mol. The monoisotopic (exact) mass is 587 g/mol. The van der Waals surface area contributed by atoms with Gasteiger partial charge in [-0.2, -0.15) is 0 Å². The number of amides is 1. The van der Waals surface area contributed by atoms with Crippen LogP contribution in [-0.4, -0.2) is 60.8 Å². The molecule has 42 heavy (non-hydrogen) atoms. The summed E-state index contributed by atoms with van der Waals surface area (Å²) in [5.41, 5.74) is -1.40. The average Bonchev–Trinajstić information content (AvgIpc) is 3.52.